The van der Waals surface area contributed by atoms with Crippen molar-refractivity contribution in [2.45, 2.75) is 38.5 Å². The van der Waals surface area contributed by atoms with E-state index in [1.807, 2.05) is 0 Å². The van der Waals surface area contributed by atoms with Gasteiger partial charge >= 0.3 is 6.18 Å². The van der Waals surface area contributed by atoms with E-state index in [1.54, 1.807) is 6.07 Å². The van der Waals surface area contributed by atoms with Gasteiger partial charge in [0.2, 0.25) is 5.95 Å². The largest absolute Gasteiger partial charge is 0.672 e. The number of rotatable bonds is 3. The Morgan fingerprint density at radius 3 is 2.46 bits per heavy atom. The summed E-state index contributed by atoms with van der Waals surface area (Å²) in [4.78, 5) is 11.0. The summed E-state index contributed by atoms with van der Waals surface area (Å²) in [6, 6.07) is 6.92. The number of nitrogens with zero attached hydrogens (tertiary/aromatic N) is 3. The highest BCUT2D eigenvalue weighted by molar-refractivity contribution is 5.62. The lowest BCUT2D eigenvalue weighted by Crippen LogP contribution is -2.28. The summed E-state index contributed by atoms with van der Waals surface area (Å²) in [7, 11) is 0. The molecular weight excluding hydrogens is 317 g/mol. The van der Waals surface area contributed by atoms with Crippen LogP contribution in [0.4, 0.5) is 19.1 Å². The van der Waals surface area contributed by atoms with Gasteiger partial charge in [0, 0.05) is 23.8 Å². The molecule has 1 aromatic heterocycles. The molecule has 0 radical (unpaired) electrons. The van der Waals surface area contributed by atoms with Crippen molar-refractivity contribution in [2.24, 2.45) is 0 Å². The Labute approximate surface area is 138 Å². The third kappa shape index (κ3) is 3.36. The van der Waals surface area contributed by atoms with E-state index in [4.69, 9.17) is 5.73 Å². The van der Waals surface area contributed by atoms with Gasteiger partial charge < -0.3 is 10.6 Å². The molecular formula is C17H18F3N4-. The van der Waals surface area contributed by atoms with E-state index in [1.165, 1.54) is 12.1 Å². The van der Waals surface area contributed by atoms with E-state index in [0.717, 1.165) is 31.5 Å². The highest BCUT2D eigenvalue weighted by atomic mass is 19.4. The van der Waals surface area contributed by atoms with Crippen LogP contribution in [-0.2, 0) is 12.7 Å². The van der Waals surface area contributed by atoms with Crippen LogP contribution in [0.3, 0.4) is 0 Å². The second-order valence-corrected chi connectivity index (χ2v) is 5.98. The minimum Gasteiger partial charge on any atom is -0.672 e. The molecule has 24 heavy (non-hydrogen) atoms. The molecule has 4 nitrogen and oxygen atoms in total. The van der Waals surface area contributed by atoms with E-state index < -0.39 is 11.7 Å². The molecule has 2 heterocycles. The van der Waals surface area contributed by atoms with E-state index >= 15 is 0 Å². The van der Waals surface area contributed by atoms with Gasteiger partial charge in [-0.2, -0.15) is 13.2 Å². The van der Waals surface area contributed by atoms with Gasteiger partial charge in [0.15, 0.2) is 0 Å². The Bertz CT molecular complexity index is 713. The molecule has 1 N–H and O–H groups in total. The fourth-order valence-electron chi connectivity index (χ4n) is 2.91. The Morgan fingerprint density at radius 2 is 1.92 bits per heavy atom. The first-order chi connectivity index (χ1) is 11.4. The average Bonchev–Trinajstić information content (AvgIpc) is 3.00. The van der Waals surface area contributed by atoms with E-state index in [-0.39, 0.29) is 6.54 Å². The molecule has 2 aromatic rings. The fourth-order valence-corrected chi connectivity index (χ4v) is 2.91. The van der Waals surface area contributed by atoms with Crippen LogP contribution in [-0.4, -0.2) is 22.6 Å². The highest BCUT2D eigenvalue weighted by Gasteiger charge is 2.30. The number of benzene rings is 1. The summed E-state index contributed by atoms with van der Waals surface area (Å²) in [6.45, 7) is 2.96. The maximum absolute atomic E-state index is 12.7. The van der Waals surface area contributed by atoms with Crippen LogP contribution in [0, 0.1) is 0 Å². The molecule has 0 spiro atoms. The zero-order valence-electron chi connectivity index (χ0n) is 13.3. The summed E-state index contributed by atoms with van der Waals surface area (Å²) in [5.74, 6) is 0.555. The molecule has 7 heteroatoms. The van der Waals surface area contributed by atoms with Gasteiger partial charge in [0.1, 0.15) is 0 Å². The van der Waals surface area contributed by atoms with Gasteiger partial charge in [-0.15, -0.1) is 6.54 Å². The predicted molar refractivity (Wildman–Crippen MR) is 86.5 cm³/mol. The molecule has 1 aliphatic rings. The monoisotopic (exact) mass is 335 g/mol. The molecule has 1 aliphatic heterocycles. The molecule has 1 saturated heterocycles. The van der Waals surface area contributed by atoms with Crippen molar-refractivity contribution in [3.63, 3.8) is 0 Å². The Kier molecular flexibility index (Phi) is 4.45. The predicted octanol–water partition coefficient (Wildman–Crippen LogP) is 4.70. The summed E-state index contributed by atoms with van der Waals surface area (Å²) in [6.07, 6.45) is -2.23. The zero-order chi connectivity index (χ0) is 17.3. The first-order valence-corrected chi connectivity index (χ1v) is 7.85. The third-order valence-corrected chi connectivity index (χ3v) is 4.27. The average molecular weight is 335 g/mol. The maximum atomic E-state index is 12.7. The minimum absolute atomic E-state index is 0.00533. The SMILES string of the molecule is CC1CCCN1c1nc(C[NH-])cc(-c2ccc(C(F)(F)F)cc2)n1. The van der Waals surface area contributed by atoms with Crippen molar-refractivity contribution < 1.29 is 13.2 Å². The van der Waals surface area contributed by atoms with Crippen molar-refractivity contribution in [1.29, 1.82) is 0 Å². The van der Waals surface area contributed by atoms with Gasteiger partial charge in [-0.1, -0.05) is 12.1 Å². The Morgan fingerprint density at radius 1 is 1.21 bits per heavy atom. The Hall–Kier alpha value is -2.15. The van der Waals surface area contributed by atoms with Crippen LogP contribution in [0.15, 0.2) is 30.3 Å². The molecule has 1 atom stereocenters. The molecule has 3 rings (SSSR count). The fraction of sp³-hybridized carbons (Fsp3) is 0.412. The summed E-state index contributed by atoms with van der Waals surface area (Å²) in [5, 5.41) is 0. The minimum atomic E-state index is -4.35. The molecule has 0 saturated carbocycles. The molecule has 0 aliphatic carbocycles. The zero-order valence-corrected chi connectivity index (χ0v) is 13.3. The first kappa shape index (κ1) is 16.7. The lowest BCUT2D eigenvalue weighted by Gasteiger charge is -2.23. The number of hydrogen-bond acceptors (Lipinski definition) is 3. The van der Waals surface area contributed by atoms with E-state index in [9.17, 15) is 13.2 Å². The van der Waals surface area contributed by atoms with Crippen molar-refractivity contribution in [3.8, 4) is 11.3 Å². The number of anilines is 1. The normalized spacial score (nSPS) is 18.2. The van der Waals surface area contributed by atoms with Crippen molar-refractivity contribution in [3.05, 3.63) is 47.3 Å². The van der Waals surface area contributed by atoms with E-state index in [2.05, 4.69) is 21.8 Å². The summed E-state index contributed by atoms with van der Waals surface area (Å²) >= 11 is 0. The van der Waals surface area contributed by atoms with Gasteiger partial charge in [-0.05, 0) is 38.0 Å². The lowest BCUT2D eigenvalue weighted by molar-refractivity contribution is -0.137. The molecule has 1 fully saturated rings. The van der Waals surface area contributed by atoms with Crippen LogP contribution in [0.5, 0.6) is 0 Å². The summed E-state index contributed by atoms with van der Waals surface area (Å²) < 4.78 is 38.1. The number of hydrogen-bond donors (Lipinski definition) is 0. The number of halogens is 3. The number of nitrogens with one attached hydrogen (secondary N) is 1. The van der Waals surface area contributed by atoms with Crippen LogP contribution < -0.4 is 4.90 Å². The van der Waals surface area contributed by atoms with Crippen molar-refractivity contribution >= 4 is 5.95 Å². The van der Waals surface area contributed by atoms with E-state index in [0.29, 0.717) is 28.9 Å². The van der Waals surface area contributed by atoms with Crippen LogP contribution in [0.25, 0.3) is 17.0 Å². The van der Waals surface area contributed by atoms with Crippen LogP contribution in [0.2, 0.25) is 0 Å². The second-order valence-electron chi connectivity index (χ2n) is 5.98. The van der Waals surface area contributed by atoms with Crippen molar-refractivity contribution in [2.75, 3.05) is 11.4 Å². The standard InChI is InChI=1S/C17H18F3N4/c1-11-3-2-8-24(11)16-22-14(10-21)9-15(23-16)12-4-6-13(7-5-12)17(18,19)20/h4-7,9,11,21H,2-3,8,10H2,1H3/q-1. The number of aromatic nitrogens is 2. The second kappa shape index (κ2) is 6.39. The molecule has 0 amide bonds. The Balaban J connectivity index is 1.98. The maximum Gasteiger partial charge on any atom is 0.416 e. The smallest absolute Gasteiger partial charge is 0.416 e. The number of alkyl halides is 3. The molecule has 128 valence electrons. The molecule has 0 bridgehead atoms. The third-order valence-electron chi connectivity index (χ3n) is 4.27. The van der Waals surface area contributed by atoms with Gasteiger partial charge in [-0.3, -0.25) is 0 Å². The molecule has 1 unspecified atom stereocenters. The van der Waals surface area contributed by atoms with Crippen molar-refractivity contribution in [1.82, 2.24) is 9.97 Å². The highest BCUT2D eigenvalue weighted by Crippen LogP contribution is 2.31. The van der Waals surface area contributed by atoms with Crippen LogP contribution >= 0.6 is 0 Å². The summed E-state index contributed by atoms with van der Waals surface area (Å²) in [5.41, 5.74) is 8.60. The van der Waals surface area contributed by atoms with Gasteiger partial charge in [0.25, 0.3) is 0 Å². The molecule has 1 aromatic carbocycles. The van der Waals surface area contributed by atoms with Crippen LogP contribution in [0.1, 0.15) is 31.0 Å². The van der Waals surface area contributed by atoms with Gasteiger partial charge in [0.05, 0.1) is 11.3 Å². The lowest BCUT2D eigenvalue weighted by atomic mass is 10.1. The van der Waals surface area contributed by atoms with Gasteiger partial charge in [-0.25, -0.2) is 9.97 Å². The quantitative estimate of drug-likeness (QED) is 0.817. The topological polar surface area (TPSA) is 52.8 Å². The first-order valence-electron chi connectivity index (χ1n) is 7.85.